The summed E-state index contributed by atoms with van der Waals surface area (Å²) in [5.74, 6) is 0. The molecule has 3 aromatic rings. The molecule has 2 atom stereocenters. The largest absolute Gasteiger partial charge is 0.361 e. The molecule has 0 spiro atoms. The molecule has 2 N–H and O–H groups in total. The first-order valence-electron chi connectivity index (χ1n) is 7.36. The lowest BCUT2D eigenvalue weighted by Crippen LogP contribution is -2.20. The molecule has 0 saturated heterocycles. The van der Waals surface area contributed by atoms with Gasteiger partial charge in [-0.15, -0.1) is 0 Å². The molecule has 0 aliphatic carbocycles. The maximum Gasteiger partial charge on any atom is 0.333 e. The van der Waals surface area contributed by atoms with Crippen molar-refractivity contribution in [3.63, 3.8) is 0 Å². The number of hydrogen-bond donors (Lipinski definition) is 2. The summed E-state index contributed by atoms with van der Waals surface area (Å²) in [4.78, 5) is 13.4. The van der Waals surface area contributed by atoms with Crippen LogP contribution >= 0.6 is 7.60 Å². The Morgan fingerprint density at radius 1 is 1.17 bits per heavy atom. The first-order valence-corrected chi connectivity index (χ1v) is 9.12. The smallest absolute Gasteiger partial charge is 0.333 e. The highest BCUT2D eigenvalue weighted by Gasteiger charge is 2.34. The molecule has 23 heavy (non-hydrogen) atoms. The highest BCUT2D eigenvalue weighted by atomic mass is 31.2. The summed E-state index contributed by atoms with van der Waals surface area (Å²) in [6.07, 6.45) is 1.74. The van der Waals surface area contributed by atoms with E-state index in [-0.39, 0.29) is 6.16 Å². The fourth-order valence-corrected chi connectivity index (χ4v) is 4.18. The van der Waals surface area contributed by atoms with Gasteiger partial charge >= 0.3 is 7.60 Å². The van der Waals surface area contributed by atoms with Gasteiger partial charge in [-0.1, -0.05) is 48.5 Å². The third-order valence-corrected chi connectivity index (χ3v) is 5.18. The van der Waals surface area contributed by atoms with Gasteiger partial charge in [0.15, 0.2) is 0 Å². The summed E-state index contributed by atoms with van der Waals surface area (Å²) in [5.41, 5.74) is 1.33. The molecule has 3 rings (SSSR count). The predicted molar refractivity (Wildman–Crippen MR) is 92.1 cm³/mol. The van der Waals surface area contributed by atoms with Gasteiger partial charge in [0, 0.05) is 22.7 Å². The van der Waals surface area contributed by atoms with Gasteiger partial charge in [0.1, 0.15) is 5.60 Å². The van der Waals surface area contributed by atoms with Crippen molar-refractivity contribution in [2.24, 2.45) is 0 Å². The Morgan fingerprint density at radius 3 is 2.57 bits per heavy atom. The van der Waals surface area contributed by atoms with E-state index >= 15 is 0 Å². The van der Waals surface area contributed by atoms with Crippen molar-refractivity contribution in [1.29, 1.82) is 0 Å². The second-order valence-corrected chi connectivity index (χ2v) is 7.62. The number of rotatable bonds is 5. The molecule has 0 saturated carbocycles. The van der Waals surface area contributed by atoms with E-state index in [9.17, 15) is 9.46 Å². The Morgan fingerprint density at radius 2 is 1.83 bits per heavy atom. The summed E-state index contributed by atoms with van der Waals surface area (Å²) in [5, 5.41) is 0.935. The quantitative estimate of drug-likeness (QED) is 0.672. The van der Waals surface area contributed by atoms with Crippen molar-refractivity contribution in [3.05, 3.63) is 78.8 Å². The molecular formula is C18H19NO3P. The van der Waals surface area contributed by atoms with E-state index in [0.29, 0.717) is 0 Å². The average Bonchev–Trinajstić information content (AvgIpc) is 2.91. The fraction of sp³-hybridized carbons (Fsp3) is 0.167. The SMILES string of the molecule is [CH2]C(C)(OP(=O)(O)Cc1ccccc1)c1c[nH]c2ccccc12. The molecular weight excluding hydrogens is 309 g/mol. The van der Waals surface area contributed by atoms with Crippen LogP contribution in [0.25, 0.3) is 10.9 Å². The van der Waals surface area contributed by atoms with E-state index in [1.54, 1.807) is 25.3 Å². The minimum Gasteiger partial charge on any atom is -0.361 e. The lowest BCUT2D eigenvalue weighted by Gasteiger charge is -2.27. The maximum atomic E-state index is 12.5. The second-order valence-electron chi connectivity index (χ2n) is 5.85. The normalized spacial score (nSPS) is 14.7. The molecule has 119 valence electrons. The molecule has 4 nitrogen and oxygen atoms in total. The van der Waals surface area contributed by atoms with Crippen LogP contribution in [0.4, 0.5) is 0 Å². The van der Waals surface area contributed by atoms with Crippen LogP contribution in [0.1, 0.15) is 18.1 Å². The van der Waals surface area contributed by atoms with Gasteiger partial charge in [0.25, 0.3) is 0 Å². The van der Waals surface area contributed by atoms with E-state index in [2.05, 4.69) is 11.9 Å². The zero-order valence-electron chi connectivity index (χ0n) is 12.9. The maximum absolute atomic E-state index is 12.5. The molecule has 5 heteroatoms. The summed E-state index contributed by atoms with van der Waals surface area (Å²) in [6, 6.07) is 16.9. The molecule has 0 aliphatic heterocycles. The summed E-state index contributed by atoms with van der Waals surface area (Å²) in [6.45, 7) is 5.72. The lowest BCUT2D eigenvalue weighted by atomic mass is 9.98. The number of fused-ring (bicyclic) bond motifs is 1. The minimum atomic E-state index is -3.83. The zero-order valence-corrected chi connectivity index (χ0v) is 13.8. The number of aromatic amines is 1. The molecule has 2 aromatic carbocycles. The number of para-hydroxylation sites is 1. The Hall–Kier alpha value is -1.87. The molecule has 0 aliphatic rings. The molecule has 0 bridgehead atoms. The molecule has 1 radical (unpaired) electrons. The summed E-state index contributed by atoms with van der Waals surface area (Å²) in [7, 11) is -3.83. The standard InChI is InChI=1S/C18H19NO3P/c1-18(2,16-12-19-17-11-7-6-10-15(16)17)22-23(20,21)13-14-8-4-3-5-9-14/h3-12,19H,1,13H2,2H3,(H,20,21). The van der Waals surface area contributed by atoms with Gasteiger partial charge in [0.05, 0.1) is 6.16 Å². The van der Waals surface area contributed by atoms with Crippen molar-refractivity contribution < 1.29 is 14.0 Å². The number of aromatic nitrogens is 1. The van der Waals surface area contributed by atoms with Gasteiger partial charge in [0.2, 0.25) is 0 Å². The first kappa shape index (κ1) is 16.0. The van der Waals surface area contributed by atoms with Gasteiger partial charge < -0.3 is 9.88 Å². The topological polar surface area (TPSA) is 62.3 Å². The number of hydrogen-bond acceptors (Lipinski definition) is 2. The van der Waals surface area contributed by atoms with E-state index in [1.165, 1.54) is 0 Å². The Labute approximate surface area is 135 Å². The van der Waals surface area contributed by atoms with Crippen LogP contribution in [-0.4, -0.2) is 9.88 Å². The lowest BCUT2D eigenvalue weighted by molar-refractivity contribution is 0.118. The van der Waals surface area contributed by atoms with Gasteiger partial charge in [-0.05, 0) is 25.5 Å². The van der Waals surface area contributed by atoms with Crippen molar-refractivity contribution in [2.45, 2.75) is 18.7 Å². The first-order chi connectivity index (χ1) is 10.9. The van der Waals surface area contributed by atoms with E-state index in [0.717, 1.165) is 22.0 Å². The number of nitrogens with one attached hydrogen (secondary N) is 1. The molecule has 0 fully saturated rings. The molecule has 1 heterocycles. The Balaban J connectivity index is 1.86. The zero-order chi connectivity index (χ0) is 16.5. The van der Waals surface area contributed by atoms with Crippen molar-refractivity contribution in [2.75, 3.05) is 0 Å². The van der Waals surface area contributed by atoms with Crippen LogP contribution in [0.15, 0.2) is 60.8 Å². The van der Waals surface area contributed by atoms with Crippen LogP contribution in [0, 0.1) is 6.92 Å². The molecule has 1 aromatic heterocycles. The van der Waals surface area contributed by atoms with Gasteiger partial charge in [-0.25, -0.2) is 0 Å². The van der Waals surface area contributed by atoms with Crippen LogP contribution in [-0.2, 0) is 20.9 Å². The van der Waals surface area contributed by atoms with Crippen LogP contribution in [0.3, 0.4) is 0 Å². The third-order valence-electron chi connectivity index (χ3n) is 3.73. The van der Waals surface area contributed by atoms with Gasteiger partial charge in [-0.2, -0.15) is 0 Å². The van der Waals surface area contributed by atoms with E-state index in [4.69, 9.17) is 4.52 Å². The van der Waals surface area contributed by atoms with Crippen LogP contribution < -0.4 is 0 Å². The monoisotopic (exact) mass is 328 g/mol. The van der Waals surface area contributed by atoms with Crippen LogP contribution in [0.5, 0.6) is 0 Å². The van der Waals surface area contributed by atoms with Gasteiger partial charge in [-0.3, -0.25) is 9.09 Å². The molecule has 0 amide bonds. The fourth-order valence-electron chi connectivity index (χ4n) is 2.72. The third kappa shape index (κ3) is 3.56. The second kappa shape index (κ2) is 5.97. The van der Waals surface area contributed by atoms with Crippen molar-refractivity contribution in [1.82, 2.24) is 4.98 Å². The van der Waals surface area contributed by atoms with E-state index < -0.39 is 13.2 Å². The Bertz CT molecular complexity index is 855. The Kier molecular flexibility index (Phi) is 4.15. The highest BCUT2D eigenvalue weighted by Crippen LogP contribution is 2.52. The van der Waals surface area contributed by atoms with E-state index in [1.807, 2.05) is 42.5 Å². The number of H-pyrrole nitrogens is 1. The van der Waals surface area contributed by atoms with Crippen molar-refractivity contribution in [3.8, 4) is 0 Å². The predicted octanol–water partition coefficient (Wildman–Crippen LogP) is 4.62. The summed E-state index contributed by atoms with van der Waals surface area (Å²) >= 11 is 0. The number of benzene rings is 2. The molecule has 2 unspecified atom stereocenters. The summed E-state index contributed by atoms with van der Waals surface area (Å²) < 4.78 is 18.1. The minimum absolute atomic E-state index is 0.0404. The van der Waals surface area contributed by atoms with Crippen molar-refractivity contribution >= 4 is 18.5 Å². The van der Waals surface area contributed by atoms with Crippen LogP contribution in [0.2, 0.25) is 0 Å². The highest BCUT2D eigenvalue weighted by molar-refractivity contribution is 7.52. The average molecular weight is 328 g/mol.